The lowest BCUT2D eigenvalue weighted by molar-refractivity contribution is -0.123. The van der Waals surface area contributed by atoms with E-state index in [1.54, 1.807) is 24.0 Å². The Hall–Kier alpha value is -2.08. The van der Waals surface area contributed by atoms with Crippen LogP contribution in [0.4, 0.5) is 11.4 Å². The normalized spacial score (nSPS) is 12.2. The number of nitrogen functional groups attached to an aromatic ring is 1. The molecule has 0 saturated heterocycles. The minimum atomic E-state index is -0.452. The number of anilines is 2. The van der Waals surface area contributed by atoms with Gasteiger partial charge in [0.15, 0.2) is 0 Å². The van der Waals surface area contributed by atoms with Crippen molar-refractivity contribution in [3.63, 3.8) is 0 Å². The molecule has 20 heavy (non-hydrogen) atoms. The van der Waals surface area contributed by atoms with Crippen LogP contribution in [-0.2, 0) is 9.59 Å². The maximum absolute atomic E-state index is 12.2. The molecule has 6 heteroatoms. The van der Waals surface area contributed by atoms with Gasteiger partial charge in [-0.05, 0) is 38.1 Å². The predicted molar refractivity (Wildman–Crippen MR) is 80.1 cm³/mol. The molecule has 0 heterocycles. The third-order valence-corrected chi connectivity index (χ3v) is 3.21. The van der Waals surface area contributed by atoms with E-state index < -0.39 is 11.9 Å². The summed E-state index contributed by atoms with van der Waals surface area (Å²) in [6.07, 6.45) is 0. The summed E-state index contributed by atoms with van der Waals surface area (Å²) in [5, 5.41) is 2.83. The van der Waals surface area contributed by atoms with Gasteiger partial charge in [0.05, 0.1) is 12.6 Å². The van der Waals surface area contributed by atoms with E-state index in [4.69, 9.17) is 11.5 Å². The van der Waals surface area contributed by atoms with Crippen LogP contribution in [-0.4, -0.2) is 35.8 Å². The van der Waals surface area contributed by atoms with E-state index in [1.165, 1.54) is 0 Å². The van der Waals surface area contributed by atoms with Crippen LogP contribution in [0.5, 0.6) is 0 Å². The lowest BCUT2D eigenvalue weighted by atomic mass is 10.1. The van der Waals surface area contributed by atoms with E-state index in [0.717, 1.165) is 5.56 Å². The lowest BCUT2D eigenvalue weighted by Gasteiger charge is -2.25. The molecule has 2 amide bonds. The van der Waals surface area contributed by atoms with Crippen molar-refractivity contribution in [3.8, 4) is 0 Å². The Balaban J connectivity index is 2.78. The zero-order valence-electron chi connectivity index (χ0n) is 12.1. The Bertz CT molecular complexity index is 502. The van der Waals surface area contributed by atoms with Gasteiger partial charge in [-0.3, -0.25) is 14.5 Å². The SMILES string of the molecule is CCN(CC(N)=O)C(C)C(=O)Nc1cc(N)ccc1C. The van der Waals surface area contributed by atoms with Crippen molar-refractivity contribution in [1.29, 1.82) is 0 Å². The Kier molecular flexibility index (Phi) is 5.52. The molecule has 0 aromatic heterocycles. The van der Waals surface area contributed by atoms with E-state index in [0.29, 0.717) is 17.9 Å². The molecule has 0 bridgehead atoms. The van der Waals surface area contributed by atoms with E-state index in [-0.39, 0.29) is 12.5 Å². The minimum Gasteiger partial charge on any atom is -0.399 e. The van der Waals surface area contributed by atoms with Gasteiger partial charge in [0, 0.05) is 11.4 Å². The number of nitrogens with zero attached hydrogens (tertiary/aromatic N) is 1. The van der Waals surface area contributed by atoms with Crippen molar-refractivity contribution in [2.24, 2.45) is 5.73 Å². The summed E-state index contributed by atoms with van der Waals surface area (Å²) in [6.45, 7) is 6.12. The second-order valence-corrected chi connectivity index (χ2v) is 4.77. The second kappa shape index (κ2) is 6.91. The first-order valence-electron chi connectivity index (χ1n) is 6.54. The van der Waals surface area contributed by atoms with Crippen LogP contribution in [0.3, 0.4) is 0 Å². The highest BCUT2D eigenvalue weighted by Crippen LogP contribution is 2.18. The van der Waals surface area contributed by atoms with Crippen LogP contribution in [0.15, 0.2) is 18.2 Å². The monoisotopic (exact) mass is 278 g/mol. The number of benzene rings is 1. The summed E-state index contributed by atoms with van der Waals surface area (Å²) in [4.78, 5) is 24.9. The first kappa shape index (κ1) is 16.0. The quantitative estimate of drug-likeness (QED) is 0.667. The van der Waals surface area contributed by atoms with Crippen molar-refractivity contribution < 1.29 is 9.59 Å². The number of carbonyl (C=O) groups is 2. The number of likely N-dealkylation sites (N-methyl/N-ethyl adjacent to an activating group) is 1. The highest BCUT2D eigenvalue weighted by Gasteiger charge is 2.21. The lowest BCUT2D eigenvalue weighted by Crippen LogP contribution is -2.45. The molecule has 1 unspecified atom stereocenters. The third kappa shape index (κ3) is 4.24. The average molecular weight is 278 g/mol. The molecular formula is C14H22N4O2. The number of nitrogens with one attached hydrogen (secondary N) is 1. The molecule has 110 valence electrons. The Morgan fingerprint density at radius 3 is 2.60 bits per heavy atom. The van der Waals surface area contributed by atoms with E-state index in [1.807, 2.05) is 19.9 Å². The van der Waals surface area contributed by atoms with Crippen LogP contribution in [0.25, 0.3) is 0 Å². The summed E-state index contributed by atoms with van der Waals surface area (Å²) < 4.78 is 0. The average Bonchev–Trinajstić information content (AvgIpc) is 2.39. The molecule has 1 rings (SSSR count). The predicted octanol–water partition coefficient (Wildman–Crippen LogP) is 0.711. The molecule has 0 aliphatic heterocycles. The van der Waals surface area contributed by atoms with Crippen LogP contribution in [0.2, 0.25) is 0 Å². The number of primary amides is 1. The zero-order valence-corrected chi connectivity index (χ0v) is 12.1. The van der Waals surface area contributed by atoms with Gasteiger partial charge in [0.2, 0.25) is 11.8 Å². The molecule has 5 N–H and O–H groups in total. The van der Waals surface area contributed by atoms with Gasteiger partial charge in [-0.15, -0.1) is 0 Å². The van der Waals surface area contributed by atoms with Crippen molar-refractivity contribution in [2.75, 3.05) is 24.1 Å². The van der Waals surface area contributed by atoms with Crippen LogP contribution < -0.4 is 16.8 Å². The number of aryl methyl sites for hydroxylation is 1. The van der Waals surface area contributed by atoms with Crippen molar-refractivity contribution in [3.05, 3.63) is 23.8 Å². The highest BCUT2D eigenvalue weighted by molar-refractivity contribution is 5.95. The van der Waals surface area contributed by atoms with E-state index >= 15 is 0 Å². The summed E-state index contributed by atoms with van der Waals surface area (Å²) >= 11 is 0. The Morgan fingerprint density at radius 1 is 1.40 bits per heavy atom. The number of hydrogen-bond acceptors (Lipinski definition) is 4. The summed E-state index contributed by atoms with van der Waals surface area (Å²) in [7, 11) is 0. The van der Waals surface area contributed by atoms with Crippen molar-refractivity contribution >= 4 is 23.2 Å². The van der Waals surface area contributed by atoms with Crippen molar-refractivity contribution in [2.45, 2.75) is 26.8 Å². The number of carbonyl (C=O) groups excluding carboxylic acids is 2. The van der Waals surface area contributed by atoms with Gasteiger partial charge < -0.3 is 16.8 Å². The molecule has 0 saturated carbocycles. The van der Waals surface area contributed by atoms with Gasteiger partial charge in [-0.2, -0.15) is 0 Å². The summed E-state index contributed by atoms with van der Waals surface area (Å²) in [5.41, 5.74) is 13.1. The van der Waals surface area contributed by atoms with E-state index in [9.17, 15) is 9.59 Å². The van der Waals surface area contributed by atoms with E-state index in [2.05, 4.69) is 5.32 Å². The van der Waals surface area contributed by atoms with Gasteiger partial charge in [0.25, 0.3) is 0 Å². The standard InChI is InChI=1S/C14H22N4O2/c1-4-18(8-13(16)19)10(3)14(20)17-12-7-11(15)6-5-9(12)2/h5-7,10H,4,8,15H2,1-3H3,(H2,16,19)(H,17,20). The number of nitrogens with two attached hydrogens (primary N) is 2. The molecule has 1 aromatic rings. The third-order valence-electron chi connectivity index (χ3n) is 3.21. The fourth-order valence-corrected chi connectivity index (χ4v) is 1.90. The fraction of sp³-hybridized carbons (Fsp3) is 0.429. The molecule has 0 fully saturated rings. The van der Waals surface area contributed by atoms with Crippen LogP contribution in [0.1, 0.15) is 19.4 Å². The van der Waals surface area contributed by atoms with Gasteiger partial charge in [-0.25, -0.2) is 0 Å². The molecule has 0 radical (unpaired) electrons. The van der Waals surface area contributed by atoms with Crippen LogP contribution >= 0.6 is 0 Å². The number of amides is 2. The van der Waals surface area contributed by atoms with Gasteiger partial charge in [0.1, 0.15) is 0 Å². The molecule has 0 spiro atoms. The van der Waals surface area contributed by atoms with Crippen molar-refractivity contribution in [1.82, 2.24) is 4.90 Å². The Labute approximate surface area is 119 Å². The zero-order chi connectivity index (χ0) is 15.3. The molecule has 1 atom stereocenters. The topological polar surface area (TPSA) is 101 Å². The fourth-order valence-electron chi connectivity index (χ4n) is 1.90. The first-order valence-corrected chi connectivity index (χ1v) is 6.54. The highest BCUT2D eigenvalue weighted by atomic mass is 16.2. The first-order chi connectivity index (χ1) is 9.35. The van der Waals surface area contributed by atoms with Gasteiger partial charge in [-0.1, -0.05) is 13.0 Å². The maximum atomic E-state index is 12.2. The maximum Gasteiger partial charge on any atom is 0.241 e. The summed E-state index contributed by atoms with van der Waals surface area (Å²) in [5.74, 6) is -0.645. The summed E-state index contributed by atoms with van der Waals surface area (Å²) in [6, 6.07) is 4.88. The molecule has 6 nitrogen and oxygen atoms in total. The van der Waals surface area contributed by atoms with Gasteiger partial charge >= 0.3 is 0 Å². The number of rotatable bonds is 6. The Morgan fingerprint density at radius 2 is 2.05 bits per heavy atom. The second-order valence-electron chi connectivity index (χ2n) is 4.77. The molecule has 1 aromatic carbocycles. The molecule has 0 aliphatic carbocycles. The van der Waals surface area contributed by atoms with Crippen LogP contribution in [0, 0.1) is 6.92 Å². The molecular weight excluding hydrogens is 256 g/mol. The largest absolute Gasteiger partial charge is 0.399 e. The minimum absolute atomic E-state index is 0.0565. The smallest absolute Gasteiger partial charge is 0.241 e. The number of hydrogen-bond donors (Lipinski definition) is 3. The molecule has 0 aliphatic rings.